The Hall–Kier alpha value is -3.11. The van der Waals surface area contributed by atoms with Crippen LogP contribution in [0.1, 0.15) is 34.8 Å². The van der Waals surface area contributed by atoms with Gasteiger partial charge in [-0.25, -0.2) is 0 Å². The fraction of sp³-hybridized carbons (Fsp3) is 0.316. The minimum absolute atomic E-state index is 0.0126. The Morgan fingerprint density at radius 1 is 1.07 bits per heavy atom. The molecule has 0 bridgehead atoms. The van der Waals surface area contributed by atoms with E-state index in [1.807, 2.05) is 0 Å². The van der Waals surface area contributed by atoms with Gasteiger partial charge in [0.1, 0.15) is 0 Å². The lowest BCUT2D eigenvalue weighted by Gasteiger charge is -2.24. The van der Waals surface area contributed by atoms with E-state index >= 15 is 0 Å². The molecule has 30 heavy (non-hydrogen) atoms. The molecular weight excluding hydrogens is 416 g/mol. The van der Waals surface area contributed by atoms with Crippen LogP contribution in [0.4, 0.5) is 26.3 Å². The summed E-state index contributed by atoms with van der Waals surface area (Å²) in [6.07, 6.45) is -8.48. The molecule has 11 heteroatoms. The van der Waals surface area contributed by atoms with Crippen molar-refractivity contribution < 1.29 is 35.9 Å². The molecule has 0 aliphatic carbocycles. The third-order valence-corrected chi connectivity index (χ3v) is 4.62. The van der Waals surface area contributed by atoms with Crippen LogP contribution in [0.3, 0.4) is 0 Å². The molecule has 2 unspecified atom stereocenters. The molecule has 1 saturated heterocycles. The van der Waals surface area contributed by atoms with Crippen LogP contribution < -0.4 is 10.6 Å². The first kappa shape index (κ1) is 21.6. The van der Waals surface area contributed by atoms with E-state index in [0.29, 0.717) is 12.1 Å². The number of hydrogen-bond donors (Lipinski definition) is 2. The standard InChI is InChI=1S/C19H15F6N3O2/c20-18(21,22)12-5-3-10(4-6-12)15(28-17(30)11-8-14(29)27-9-11)16-13(19(23,24)25)2-1-7-26-16/h1-7,11,15H,8-9H2,(H,27,29)(H,28,30). The number of carbonyl (C=O) groups excluding carboxylic acids is 2. The summed E-state index contributed by atoms with van der Waals surface area (Å²) in [5.74, 6) is -1.90. The molecule has 0 radical (unpaired) electrons. The molecule has 0 spiro atoms. The number of hydrogen-bond acceptors (Lipinski definition) is 3. The van der Waals surface area contributed by atoms with Crippen LogP contribution in [0.15, 0.2) is 42.6 Å². The Labute approximate surface area is 166 Å². The molecule has 2 aromatic rings. The molecular formula is C19H15F6N3O2. The molecule has 160 valence electrons. The summed E-state index contributed by atoms with van der Waals surface area (Å²) in [6, 6.07) is 3.77. The summed E-state index contributed by atoms with van der Waals surface area (Å²) in [4.78, 5) is 27.6. The monoisotopic (exact) mass is 431 g/mol. The molecule has 1 aromatic carbocycles. The first-order valence-corrected chi connectivity index (χ1v) is 8.73. The van der Waals surface area contributed by atoms with Gasteiger partial charge in [-0.3, -0.25) is 14.6 Å². The maximum Gasteiger partial charge on any atom is 0.418 e. The van der Waals surface area contributed by atoms with Crippen molar-refractivity contribution in [3.8, 4) is 0 Å². The first-order valence-electron chi connectivity index (χ1n) is 8.73. The van der Waals surface area contributed by atoms with Crippen molar-refractivity contribution in [3.05, 3.63) is 65.0 Å². The Kier molecular flexibility index (Phi) is 5.73. The van der Waals surface area contributed by atoms with E-state index in [-0.39, 0.29) is 24.4 Å². The van der Waals surface area contributed by atoms with Crippen molar-refractivity contribution >= 4 is 11.8 Å². The number of nitrogens with zero attached hydrogens (tertiary/aromatic N) is 1. The van der Waals surface area contributed by atoms with Crippen LogP contribution in [-0.4, -0.2) is 23.3 Å². The second-order valence-corrected chi connectivity index (χ2v) is 6.70. The van der Waals surface area contributed by atoms with Crippen LogP contribution in [0.25, 0.3) is 0 Å². The predicted molar refractivity (Wildman–Crippen MR) is 91.8 cm³/mol. The van der Waals surface area contributed by atoms with Crippen LogP contribution in [0.2, 0.25) is 0 Å². The van der Waals surface area contributed by atoms with Gasteiger partial charge in [0.25, 0.3) is 0 Å². The lowest BCUT2D eigenvalue weighted by atomic mass is 9.96. The third-order valence-electron chi connectivity index (χ3n) is 4.62. The average Bonchev–Trinajstić information content (AvgIpc) is 3.11. The molecule has 5 nitrogen and oxygen atoms in total. The summed E-state index contributed by atoms with van der Waals surface area (Å²) in [5.41, 5.74) is -2.69. The largest absolute Gasteiger partial charge is 0.418 e. The molecule has 0 saturated carbocycles. The SMILES string of the molecule is O=C1CC(C(=O)NC(c2ccc(C(F)(F)F)cc2)c2ncccc2C(F)(F)F)CN1. The van der Waals surface area contributed by atoms with Crippen LogP contribution in [0, 0.1) is 5.92 Å². The number of pyridine rings is 1. The number of benzene rings is 1. The first-order chi connectivity index (χ1) is 14.0. The zero-order chi connectivity index (χ0) is 22.1. The van der Waals surface area contributed by atoms with Crippen molar-refractivity contribution in [2.24, 2.45) is 5.92 Å². The lowest BCUT2D eigenvalue weighted by Crippen LogP contribution is -2.36. The van der Waals surface area contributed by atoms with Crippen molar-refractivity contribution in [2.45, 2.75) is 24.8 Å². The Balaban J connectivity index is 2.02. The smallest absolute Gasteiger partial charge is 0.355 e. The van der Waals surface area contributed by atoms with E-state index < -0.39 is 47.0 Å². The average molecular weight is 431 g/mol. The molecule has 1 fully saturated rings. The third kappa shape index (κ3) is 4.71. The fourth-order valence-corrected chi connectivity index (χ4v) is 3.11. The van der Waals surface area contributed by atoms with Gasteiger partial charge in [-0.1, -0.05) is 12.1 Å². The molecule has 2 N–H and O–H groups in total. The van der Waals surface area contributed by atoms with E-state index in [0.717, 1.165) is 30.5 Å². The Morgan fingerprint density at radius 3 is 2.27 bits per heavy atom. The summed E-state index contributed by atoms with van der Waals surface area (Å²) in [5, 5.41) is 4.85. The van der Waals surface area contributed by atoms with E-state index in [4.69, 9.17) is 0 Å². The maximum absolute atomic E-state index is 13.5. The van der Waals surface area contributed by atoms with Crippen molar-refractivity contribution in [2.75, 3.05) is 6.54 Å². The number of rotatable bonds is 4. The lowest BCUT2D eigenvalue weighted by molar-refractivity contribution is -0.139. The molecule has 1 aromatic heterocycles. The minimum atomic E-state index is -4.80. The highest BCUT2D eigenvalue weighted by molar-refractivity contribution is 5.89. The van der Waals surface area contributed by atoms with Crippen molar-refractivity contribution in [1.29, 1.82) is 0 Å². The summed E-state index contributed by atoms with van der Waals surface area (Å²) >= 11 is 0. The number of nitrogens with one attached hydrogen (secondary N) is 2. The van der Waals surface area contributed by atoms with Crippen molar-refractivity contribution in [1.82, 2.24) is 15.6 Å². The van der Waals surface area contributed by atoms with Crippen molar-refractivity contribution in [3.63, 3.8) is 0 Å². The predicted octanol–water partition coefficient (Wildman–Crippen LogP) is 3.46. The zero-order valence-corrected chi connectivity index (χ0v) is 15.1. The van der Waals surface area contributed by atoms with Gasteiger partial charge < -0.3 is 10.6 Å². The summed E-state index contributed by atoms with van der Waals surface area (Å²) < 4.78 is 79.0. The fourth-order valence-electron chi connectivity index (χ4n) is 3.11. The number of aromatic nitrogens is 1. The van der Waals surface area contributed by atoms with Gasteiger partial charge in [-0.15, -0.1) is 0 Å². The van der Waals surface area contributed by atoms with Gasteiger partial charge in [-0.05, 0) is 29.8 Å². The highest BCUT2D eigenvalue weighted by Crippen LogP contribution is 2.36. The number of carbonyl (C=O) groups is 2. The minimum Gasteiger partial charge on any atom is -0.355 e. The molecule has 2 amide bonds. The summed E-state index contributed by atoms with van der Waals surface area (Å²) in [6.45, 7) is 0.0126. The normalized spacial score (nSPS) is 18.1. The topological polar surface area (TPSA) is 71.1 Å². The number of amides is 2. The van der Waals surface area contributed by atoms with E-state index in [1.54, 1.807) is 0 Å². The molecule has 2 atom stereocenters. The van der Waals surface area contributed by atoms with Gasteiger partial charge in [-0.2, -0.15) is 26.3 Å². The maximum atomic E-state index is 13.5. The van der Waals surface area contributed by atoms with E-state index in [1.165, 1.54) is 0 Å². The highest BCUT2D eigenvalue weighted by Gasteiger charge is 2.38. The molecule has 3 rings (SSSR count). The zero-order valence-electron chi connectivity index (χ0n) is 15.1. The Bertz CT molecular complexity index is 941. The second kappa shape index (κ2) is 7.96. The molecule has 1 aliphatic heterocycles. The van der Waals surface area contributed by atoms with E-state index in [9.17, 15) is 35.9 Å². The van der Waals surface area contributed by atoms with Crippen LogP contribution >= 0.6 is 0 Å². The highest BCUT2D eigenvalue weighted by atomic mass is 19.4. The second-order valence-electron chi connectivity index (χ2n) is 6.70. The summed E-state index contributed by atoms with van der Waals surface area (Å²) in [7, 11) is 0. The molecule has 2 heterocycles. The van der Waals surface area contributed by atoms with E-state index in [2.05, 4.69) is 15.6 Å². The van der Waals surface area contributed by atoms with Gasteiger partial charge in [0.05, 0.1) is 28.8 Å². The van der Waals surface area contributed by atoms with Gasteiger partial charge in [0, 0.05) is 19.2 Å². The van der Waals surface area contributed by atoms with Crippen LogP contribution in [-0.2, 0) is 21.9 Å². The van der Waals surface area contributed by atoms with Gasteiger partial charge in [0.15, 0.2) is 0 Å². The molecule has 1 aliphatic rings. The quantitative estimate of drug-likeness (QED) is 0.729. The number of alkyl halides is 6. The number of halogens is 6. The van der Waals surface area contributed by atoms with Crippen LogP contribution in [0.5, 0.6) is 0 Å². The van der Waals surface area contributed by atoms with Gasteiger partial charge >= 0.3 is 12.4 Å². The Morgan fingerprint density at radius 2 is 1.73 bits per heavy atom. The van der Waals surface area contributed by atoms with Gasteiger partial charge in [0.2, 0.25) is 11.8 Å².